The van der Waals surface area contributed by atoms with Crippen molar-refractivity contribution in [2.75, 3.05) is 26.8 Å². The number of sulfonamides is 1. The van der Waals surface area contributed by atoms with Gasteiger partial charge in [-0.2, -0.15) is 4.31 Å². The molecule has 0 aliphatic heterocycles. The minimum atomic E-state index is -3.62. The minimum absolute atomic E-state index is 0.232. The summed E-state index contributed by atoms with van der Waals surface area (Å²) in [6.45, 7) is 6.48. The van der Waals surface area contributed by atoms with E-state index in [1.807, 2.05) is 6.07 Å². The average molecular weight is 377 g/mol. The van der Waals surface area contributed by atoms with Crippen LogP contribution in [0.1, 0.15) is 11.1 Å². The van der Waals surface area contributed by atoms with E-state index in [4.69, 9.17) is 10.5 Å². The summed E-state index contributed by atoms with van der Waals surface area (Å²) in [6, 6.07) is 3.46. The molecule has 21 heavy (non-hydrogen) atoms. The highest BCUT2D eigenvalue weighted by atomic mass is 79.9. The zero-order valence-electron chi connectivity index (χ0n) is 12.3. The van der Waals surface area contributed by atoms with Crippen molar-refractivity contribution in [2.45, 2.75) is 18.4 Å². The molecule has 0 fully saturated rings. The Morgan fingerprint density at radius 1 is 1.48 bits per heavy atom. The summed E-state index contributed by atoms with van der Waals surface area (Å²) in [6.07, 6.45) is 1.56. The molecule has 0 aromatic heterocycles. The topological polar surface area (TPSA) is 72.6 Å². The van der Waals surface area contributed by atoms with Crippen LogP contribution in [0.2, 0.25) is 0 Å². The van der Waals surface area contributed by atoms with Crippen molar-refractivity contribution in [2.24, 2.45) is 5.73 Å². The van der Waals surface area contributed by atoms with Crippen LogP contribution in [-0.2, 0) is 21.3 Å². The SMILES string of the molecule is C=CCN(CCOC)S(=O)(=O)c1cc(CN)cc(Br)c1C. The Labute approximate surface area is 135 Å². The third kappa shape index (κ3) is 4.37. The molecule has 0 saturated carbocycles. The first-order valence-electron chi connectivity index (χ1n) is 6.47. The van der Waals surface area contributed by atoms with Gasteiger partial charge in [0.25, 0.3) is 0 Å². The molecule has 0 aliphatic rings. The lowest BCUT2D eigenvalue weighted by Crippen LogP contribution is -2.34. The van der Waals surface area contributed by atoms with E-state index in [1.165, 1.54) is 11.4 Å². The second-order valence-electron chi connectivity index (χ2n) is 4.55. The third-order valence-corrected chi connectivity index (χ3v) is 5.90. The molecule has 0 atom stereocenters. The van der Waals surface area contributed by atoms with Gasteiger partial charge in [-0.15, -0.1) is 6.58 Å². The maximum Gasteiger partial charge on any atom is 0.243 e. The van der Waals surface area contributed by atoms with Gasteiger partial charge in [0.2, 0.25) is 10.0 Å². The van der Waals surface area contributed by atoms with Gasteiger partial charge in [0, 0.05) is 31.2 Å². The number of rotatable bonds is 8. The molecular formula is C14H21BrN2O3S. The van der Waals surface area contributed by atoms with E-state index in [0.29, 0.717) is 12.2 Å². The molecule has 0 unspecified atom stereocenters. The van der Waals surface area contributed by atoms with Gasteiger partial charge in [-0.1, -0.05) is 22.0 Å². The van der Waals surface area contributed by atoms with Crippen LogP contribution in [0.3, 0.4) is 0 Å². The summed E-state index contributed by atoms with van der Waals surface area (Å²) in [5.74, 6) is 0. The number of ether oxygens (including phenoxy) is 1. The molecule has 2 N–H and O–H groups in total. The van der Waals surface area contributed by atoms with Gasteiger partial charge in [0.1, 0.15) is 0 Å². The number of hydrogen-bond acceptors (Lipinski definition) is 4. The van der Waals surface area contributed by atoms with Crippen molar-refractivity contribution in [1.82, 2.24) is 4.31 Å². The van der Waals surface area contributed by atoms with Crippen molar-refractivity contribution in [3.63, 3.8) is 0 Å². The zero-order chi connectivity index (χ0) is 16.0. The third-order valence-electron chi connectivity index (χ3n) is 3.09. The number of nitrogens with two attached hydrogens (primary N) is 1. The number of nitrogens with zero attached hydrogens (tertiary/aromatic N) is 1. The van der Waals surface area contributed by atoms with Crippen LogP contribution in [0.4, 0.5) is 0 Å². The average Bonchev–Trinajstić information content (AvgIpc) is 2.45. The van der Waals surface area contributed by atoms with E-state index in [0.717, 1.165) is 10.0 Å². The Bertz CT molecular complexity index is 602. The maximum atomic E-state index is 12.8. The lowest BCUT2D eigenvalue weighted by Gasteiger charge is -2.22. The number of hydrogen-bond donors (Lipinski definition) is 1. The van der Waals surface area contributed by atoms with Crippen LogP contribution in [0.15, 0.2) is 34.2 Å². The predicted octanol–water partition coefficient (Wildman–Crippen LogP) is 2.04. The maximum absolute atomic E-state index is 12.8. The molecule has 0 heterocycles. The molecule has 0 bridgehead atoms. The van der Waals surface area contributed by atoms with E-state index >= 15 is 0 Å². The van der Waals surface area contributed by atoms with Gasteiger partial charge >= 0.3 is 0 Å². The summed E-state index contributed by atoms with van der Waals surface area (Å²) in [5.41, 5.74) is 7.06. The minimum Gasteiger partial charge on any atom is -0.383 e. The van der Waals surface area contributed by atoms with E-state index in [9.17, 15) is 8.42 Å². The summed E-state index contributed by atoms with van der Waals surface area (Å²) < 4.78 is 32.7. The second kappa shape index (κ2) is 8.05. The fourth-order valence-electron chi connectivity index (χ4n) is 1.88. The fraction of sp³-hybridized carbons (Fsp3) is 0.429. The fourth-order valence-corrected chi connectivity index (χ4v) is 4.21. The van der Waals surface area contributed by atoms with Gasteiger partial charge in [0.05, 0.1) is 11.5 Å². The van der Waals surface area contributed by atoms with Crippen molar-refractivity contribution in [3.05, 3.63) is 40.4 Å². The highest BCUT2D eigenvalue weighted by Gasteiger charge is 2.26. The zero-order valence-corrected chi connectivity index (χ0v) is 14.7. The molecule has 0 amide bonds. The Morgan fingerprint density at radius 3 is 2.67 bits per heavy atom. The highest BCUT2D eigenvalue weighted by Crippen LogP contribution is 2.28. The highest BCUT2D eigenvalue weighted by molar-refractivity contribution is 9.10. The van der Waals surface area contributed by atoms with Gasteiger partial charge in [-0.3, -0.25) is 0 Å². The Morgan fingerprint density at radius 2 is 2.14 bits per heavy atom. The monoisotopic (exact) mass is 376 g/mol. The molecule has 1 aromatic carbocycles. The van der Waals surface area contributed by atoms with Crippen LogP contribution in [0.5, 0.6) is 0 Å². The standard InChI is InChI=1S/C14H21BrN2O3S/c1-4-5-17(6-7-20-3)21(18,19)14-9-12(10-16)8-13(15)11(14)2/h4,8-9H,1,5-7,10,16H2,2-3H3. The molecule has 118 valence electrons. The molecule has 1 rings (SSSR count). The summed E-state index contributed by atoms with van der Waals surface area (Å²) in [7, 11) is -2.09. The molecular weight excluding hydrogens is 356 g/mol. The first kappa shape index (κ1) is 18.3. The molecule has 7 heteroatoms. The Kier molecular flexibility index (Phi) is 7.02. The number of halogens is 1. The van der Waals surface area contributed by atoms with E-state index < -0.39 is 10.0 Å². The van der Waals surface area contributed by atoms with Gasteiger partial charge < -0.3 is 10.5 Å². The molecule has 0 radical (unpaired) electrons. The smallest absolute Gasteiger partial charge is 0.243 e. The van der Waals surface area contributed by atoms with E-state index in [1.54, 1.807) is 19.1 Å². The molecule has 0 saturated heterocycles. The molecule has 1 aromatic rings. The van der Waals surface area contributed by atoms with Crippen molar-refractivity contribution in [3.8, 4) is 0 Å². The summed E-state index contributed by atoms with van der Waals surface area (Å²) in [4.78, 5) is 0.260. The normalized spacial score (nSPS) is 11.9. The number of methoxy groups -OCH3 is 1. The number of benzene rings is 1. The van der Waals surface area contributed by atoms with E-state index in [-0.39, 0.29) is 24.5 Å². The van der Waals surface area contributed by atoms with Crippen LogP contribution >= 0.6 is 15.9 Å². The quantitative estimate of drug-likeness (QED) is 0.704. The first-order chi connectivity index (χ1) is 9.88. The second-order valence-corrected chi connectivity index (χ2v) is 7.31. The molecule has 0 aliphatic carbocycles. The van der Waals surface area contributed by atoms with Crippen LogP contribution in [0, 0.1) is 6.92 Å². The Balaban J connectivity index is 3.32. The lowest BCUT2D eigenvalue weighted by atomic mass is 10.1. The van der Waals surface area contributed by atoms with Crippen molar-refractivity contribution < 1.29 is 13.2 Å². The van der Waals surface area contributed by atoms with Crippen LogP contribution in [0.25, 0.3) is 0 Å². The van der Waals surface area contributed by atoms with Crippen molar-refractivity contribution >= 4 is 26.0 Å². The van der Waals surface area contributed by atoms with Crippen LogP contribution < -0.4 is 5.73 Å². The lowest BCUT2D eigenvalue weighted by molar-refractivity contribution is 0.182. The van der Waals surface area contributed by atoms with Gasteiger partial charge in [-0.05, 0) is 30.2 Å². The van der Waals surface area contributed by atoms with Gasteiger partial charge in [0.15, 0.2) is 0 Å². The summed E-state index contributed by atoms with van der Waals surface area (Å²) >= 11 is 3.39. The predicted molar refractivity (Wildman–Crippen MR) is 87.6 cm³/mol. The molecule has 5 nitrogen and oxygen atoms in total. The summed E-state index contributed by atoms with van der Waals surface area (Å²) in [5, 5.41) is 0. The van der Waals surface area contributed by atoms with Crippen LogP contribution in [-0.4, -0.2) is 39.5 Å². The first-order valence-corrected chi connectivity index (χ1v) is 8.70. The van der Waals surface area contributed by atoms with E-state index in [2.05, 4.69) is 22.5 Å². The Hall–Kier alpha value is -0.730. The molecule has 0 spiro atoms. The largest absolute Gasteiger partial charge is 0.383 e. The van der Waals surface area contributed by atoms with Gasteiger partial charge in [-0.25, -0.2) is 8.42 Å². The van der Waals surface area contributed by atoms with Crippen molar-refractivity contribution in [1.29, 1.82) is 0 Å².